The Morgan fingerprint density at radius 2 is 1.72 bits per heavy atom. The fraction of sp³-hybridized carbons (Fsp3) is 0.257. The van der Waals surface area contributed by atoms with E-state index in [0.29, 0.717) is 40.6 Å². The third-order valence-electron chi connectivity index (χ3n) is 7.59. The van der Waals surface area contributed by atoms with Gasteiger partial charge in [0.25, 0.3) is 0 Å². The molecular weight excluding hydrogens is 637 g/mol. The number of carbonyl (C=O) groups excluding carboxylic acids is 3. The second kappa shape index (κ2) is 15.5. The second-order valence-electron chi connectivity index (χ2n) is 10.9. The number of hydrogen-bond donors (Lipinski definition) is 3. The molecule has 11 heteroatoms. The number of carbonyl (C=O) groups is 3. The van der Waals surface area contributed by atoms with Crippen LogP contribution in [0.5, 0.6) is 0 Å². The maximum absolute atomic E-state index is 13.6. The minimum Gasteiger partial charge on any atom is -0.465 e. The molecule has 2 heterocycles. The van der Waals surface area contributed by atoms with Crippen LogP contribution < -0.4 is 16.0 Å². The van der Waals surface area contributed by atoms with E-state index in [1.165, 1.54) is 42.7 Å². The van der Waals surface area contributed by atoms with Crippen LogP contribution >= 0.6 is 35.3 Å². The average Bonchev–Trinajstić information content (AvgIpc) is 3.40. The summed E-state index contributed by atoms with van der Waals surface area (Å²) >= 11 is 8.41. The third-order valence-corrected chi connectivity index (χ3v) is 10.3. The standard InChI is InChI=1S/C35H36N4O4S3/c1-4-29(45-27-12-8-11-26(19-27)37-35(44)36-25-15-13-24(14-16-25)22(2)40)32(41)38-33-31(34(42)43-3)28-17-18-39(21-30(28)46-33)20-23-9-6-5-7-10-23/h5-16,19,29H,4,17-18,20-21H2,1-3H3,(H,38,41)(H2,36,37,44). The van der Waals surface area contributed by atoms with Crippen molar-refractivity contribution in [1.29, 1.82) is 0 Å². The van der Waals surface area contributed by atoms with Crippen molar-refractivity contribution in [2.75, 3.05) is 29.6 Å². The summed E-state index contributed by atoms with van der Waals surface area (Å²) in [7, 11) is 1.37. The summed E-state index contributed by atoms with van der Waals surface area (Å²) in [6, 6.07) is 25.1. The average molecular weight is 673 g/mol. The Morgan fingerprint density at radius 1 is 0.978 bits per heavy atom. The highest BCUT2D eigenvalue weighted by atomic mass is 32.2. The number of thiophene rings is 1. The predicted octanol–water partition coefficient (Wildman–Crippen LogP) is 7.61. The van der Waals surface area contributed by atoms with Crippen LogP contribution in [0.4, 0.5) is 16.4 Å². The first-order chi connectivity index (χ1) is 22.2. The van der Waals surface area contributed by atoms with Crippen LogP contribution in [0, 0.1) is 0 Å². The number of esters is 1. The van der Waals surface area contributed by atoms with Gasteiger partial charge in [-0.15, -0.1) is 23.1 Å². The van der Waals surface area contributed by atoms with E-state index in [9.17, 15) is 14.4 Å². The molecule has 3 aromatic carbocycles. The van der Waals surface area contributed by atoms with Crippen LogP contribution in [0.1, 0.15) is 57.0 Å². The van der Waals surface area contributed by atoms with Gasteiger partial charge in [0.15, 0.2) is 10.9 Å². The summed E-state index contributed by atoms with van der Waals surface area (Å²) in [4.78, 5) is 42.4. The van der Waals surface area contributed by atoms with Crippen molar-refractivity contribution >= 4 is 74.5 Å². The van der Waals surface area contributed by atoms with Crippen LogP contribution in [-0.4, -0.2) is 46.6 Å². The maximum Gasteiger partial charge on any atom is 0.341 e. The van der Waals surface area contributed by atoms with Crippen LogP contribution in [-0.2, 0) is 29.0 Å². The van der Waals surface area contributed by atoms with Crippen molar-refractivity contribution in [2.24, 2.45) is 0 Å². The molecule has 3 N–H and O–H groups in total. The van der Waals surface area contributed by atoms with E-state index in [4.69, 9.17) is 17.0 Å². The van der Waals surface area contributed by atoms with Gasteiger partial charge in [-0.25, -0.2) is 4.79 Å². The monoisotopic (exact) mass is 672 g/mol. The van der Waals surface area contributed by atoms with Crippen molar-refractivity contribution in [3.05, 3.63) is 106 Å². The molecule has 0 bridgehead atoms. The molecule has 0 fully saturated rings. The fourth-order valence-corrected chi connectivity index (χ4v) is 7.78. The summed E-state index contributed by atoms with van der Waals surface area (Å²) in [5.74, 6) is -0.588. The van der Waals surface area contributed by atoms with Gasteiger partial charge in [-0.1, -0.05) is 43.3 Å². The number of amides is 1. The lowest BCUT2D eigenvalue weighted by Crippen LogP contribution is -2.30. The van der Waals surface area contributed by atoms with Gasteiger partial charge in [0, 0.05) is 46.3 Å². The molecule has 4 aromatic rings. The van der Waals surface area contributed by atoms with Crippen LogP contribution in [0.2, 0.25) is 0 Å². The zero-order valence-corrected chi connectivity index (χ0v) is 28.4. The maximum atomic E-state index is 13.6. The molecule has 0 saturated heterocycles. The highest BCUT2D eigenvalue weighted by Gasteiger charge is 2.30. The van der Waals surface area contributed by atoms with Gasteiger partial charge in [-0.3, -0.25) is 14.5 Å². The van der Waals surface area contributed by atoms with E-state index in [-0.39, 0.29) is 16.9 Å². The van der Waals surface area contributed by atoms with Crippen molar-refractivity contribution in [2.45, 2.75) is 49.9 Å². The molecule has 0 saturated carbocycles. The Balaban J connectivity index is 1.24. The van der Waals surface area contributed by atoms with Crippen molar-refractivity contribution in [1.82, 2.24) is 4.90 Å². The Labute approximate surface area is 282 Å². The smallest absolute Gasteiger partial charge is 0.341 e. The Hall–Kier alpha value is -4.03. The van der Waals surface area contributed by atoms with Gasteiger partial charge < -0.3 is 20.7 Å². The number of ketones is 1. The van der Waals surface area contributed by atoms with Crippen molar-refractivity contribution in [3.8, 4) is 0 Å². The normalized spacial score (nSPS) is 13.3. The Bertz CT molecular complexity index is 1720. The summed E-state index contributed by atoms with van der Waals surface area (Å²) in [6.07, 6.45) is 1.30. The molecule has 46 heavy (non-hydrogen) atoms. The number of thioether (sulfide) groups is 1. The van der Waals surface area contributed by atoms with Gasteiger partial charge in [0.1, 0.15) is 5.00 Å². The molecule has 0 aliphatic carbocycles. The zero-order valence-electron chi connectivity index (χ0n) is 25.9. The number of fused-ring (bicyclic) bond motifs is 1. The van der Waals surface area contributed by atoms with Crippen LogP contribution in [0.3, 0.4) is 0 Å². The number of Topliss-reactive ketones (excluding diaryl/α,β-unsaturated/α-hetero) is 1. The minimum absolute atomic E-state index is 0.00455. The molecule has 1 aliphatic rings. The lowest BCUT2D eigenvalue weighted by molar-refractivity contribution is -0.115. The van der Waals surface area contributed by atoms with E-state index in [1.807, 2.05) is 49.4 Å². The fourth-order valence-electron chi connectivity index (χ4n) is 5.25. The first kappa shape index (κ1) is 33.3. The quantitative estimate of drug-likeness (QED) is 0.0643. The van der Waals surface area contributed by atoms with Gasteiger partial charge in [-0.05, 0) is 85.6 Å². The molecule has 0 radical (unpaired) electrons. The SMILES string of the molecule is CCC(Sc1cccc(NC(=S)Nc2ccc(C(C)=O)cc2)c1)C(=O)Nc1sc2c(c1C(=O)OC)CCN(Cc1ccccc1)C2. The summed E-state index contributed by atoms with van der Waals surface area (Å²) in [6.45, 7) is 5.85. The number of methoxy groups -OCH3 is 1. The van der Waals surface area contributed by atoms with E-state index < -0.39 is 5.97 Å². The molecule has 1 aromatic heterocycles. The predicted molar refractivity (Wildman–Crippen MR) is 191 cm³/mol. The lowest BCUT2D eigenvalue weighted by Gasteiger charge is -2.27. The third kappa shape index (κ3) is 8.41. The minimum atomic E-state index is -0.428. The number of benzene rings is 3. The lowest BCUT2D eigenvalue weighted by atomic mass is 10.0. The molecule has 0 spiro atoms. The van der Waals surface area contributed by atoms with Crippen LogP contribution in [0.25, 0.3) is 0 Å². The molecule has 1 aliphatic heterocycles. The molecule has 1 atom stereocenters. The number of ether oxygens (including phenoxy) is 1. The molecule has 1 unspecified atom stereocenters. The first-order valence-electron chi connectivity index (χ1n) is 15.0. The Kier molecular flexibility index (Phi) is 11.2. The number of anilines is 3. The molecule has 238 valence electrons. The topological polar surface area (TPSA) is 99.8 Å². The number of rotatable bonds is 11. The van der Waals surface area contributed by atoms with Crippen molar-refractivity contribution in [3.63, 3.8) is 0 Å². The number of thiocarbonyl (C=S) groups is 1. The van der Waals surface area contributed by atoms with Gasteiger partial charge in [-0.2, -0.15) is 0 Å². The van der Waals surface area contributed by atoms with Crippen LogP contribution in [0.15, 0.2) is 83.8 Å². The number of hydrogen-bond acceptors (Lipinski definition) is 8. The first-order valence-corrected chi connectivity index (χ1v) is 17.1. The highest BCUT2D eigenvalue weighted by molar-refractivity contribution is 8.00. The Morgan fingerprint density at radius 3 is 2.41 bits per heavy atom. The van der Waals surface area contributed by atoms with E-state index in [0.717, 1.165) is 39.8 Å². The molecule has 8 nitrogen and oxygen atoms in total. The van der Waals surface area contributed by atoms with Gasteiger partial charge >= 0.3 is 5.97 Å². The second-order valence-corrected chi connectivity index (χ2v) is 13.7. The molecule has 5 rings (SSSR count). The van der Waals surface area contributed by atoms with E-state index >= 15 is 0 Å². The summed E-state index contributed by atoms with van der Waals surface area (Å²) < 4.78 is 5.15. The number of nitrogens with one attached hydrogen (secondary N) is 3. The highest BCUT2D eigenvalue weighted by Crippen LogP contribution is 2.39. The molecule has 1 amide bonds. The number of nitrogens with zero attached hydrogens (tertiary/aromatic N) is 1. The molecular formula is C35H36N4O4S3. The van der Waals surface area contributed by atoms with Gasteiger partial charge in [0.2, 0.25) is 5.91 Å². The summed E-state index contributed by atoms with van der Waals surface area (Å²) in [5, 5.41) is 9.95. The van der Waals surface area contributed by atoms with Gasteiger partial charge in [0.05, 0.1) is 17.9 Å². The van der Waals surface area contributed by atoms with E-state index in [2.05, 4.69) is 33.0 Å². The van der Waals surface area contributed by atoms with Crippen molar-refractivity contribution < 1.29 is 19.1 Å². The largest absolute Gasteiger partial charge is 0.465 e. The van der Waals surface area contributed by atoms with E-state index in [1.54, 1.807) is 24.3 Å². The summed E-state index contributed by atoms with van der Waals surface area (Å²) in [5.41, 5.74) is 4.85. The zero-order chi connectivity index (χ0) is 32.6.